The molecule has 8 nitrogen and oxygen atoms in total. The zero-order valence-corrected chi connectivity index (χ0v) is 16.7. The number of fused-ring (bicyclic) bond motifs is 2. The van der Waals surface area contributed by atoms with Crippen molar-refractivity contribution in [3.8, 4) is 11.3 Å². The number of aromatic nitrogens is 2. The van der Waals surface area contributed by atoms with Gasteiger partial charge in [-0.3, -0.25) is 9.59 Å². The first-order valence-electron chi connectivity index (χ1n) is 9.17. The number of imide groups is 1. The minimum atomic E-state index is -0.920. The van der Waals surface area contributed by atoms with Crippen molar-refractivity contribution in [2.45, 2.75) is 6.92 Å². The zero-order chi connectivity index (χ0) is 21.7. The Morgan fingerprint density at radius 3 is 2.42 bits per heavy atom. The number of amides is 2. The van der Waals surface area contributed by atoms with Crippen molar-refractivity contribution in [2.75, 3.05) is 0 Å². The number of benzene rings is 2. The van der Waals surface area contributed by atoms with Gasteiger partial charge in [0.05, 0.1) is 33.5 Å². The molecule has 31 heavy (non-hydrogen) atoms. The van der Waals surface area contributed by atoms with E-state index in [1.807, 2.05) is 0 Å². The molecule has 1 aliphatic heterocycles. The summed E-state index contributed by atoms with van der Waals surface area (Å²) in [5, 5.41) is 5.14. The van der Waals surface area contributed by atoms with E-state index >= 15 is 0 Å². The molecule has 9 heteroatoms. The van der Waals surface area contributed by atoms with Crippen molar-refractivity contribution in [1.82, 2.24) is 15.2 Å². The maximum atomic E-state index is 13.1. The van der Waals surface area contributed by atoms with Crippen LogP contribution in [0.25, 0.3) is 22.4 Å². The Bertz CT molecular complexity index is 1380. The highest BCUT2D eigenvalue weighted by molar-refractivity contribution is 6.30. The van der Waals surface area contributed by atoms with E-state index < -0.39 is 17.8 Å². The van der Waals surface area contributed by atoms with Crippen LogP contribution in [0.2, 0.25) is 5.02 Å². The van der Waals surface area contributed by atoms with Crippen molar-refractivity contribution in [3.63, 3.8) is 0 Å². The fourth-order valence-electron chi connectivity index (χ4n) is 3.43. The number of pyridine rings is 1. The molecule has 2 amide bonds. The lowest BCUT2D eigenvalue weighted by Crippen LogP contribution is -2.32. The van der Waals surface area contributed by atoms with Gasteiger partial charge < -0.3 is 9.36 Å². The molecule has 0 unspecified atom stereocenters. The Morgan fingerprint density at radius 1 is 1.03 bits per heavy atom. The third kappa shape index (κ3) is 3.04. The molecule has 2 aromatic carbocycles. The van der Waals surface area contributed by atoms with Crippen molar-refractivity contribution in [1.29, 1.82) is 0 Å². The van der Waals surface area contributed by atoms with Gasteiger partial charge in [-0.05, 0) is 37.3 Å². The van der Waals surface area contributed by atoms with Gasteiger partial charge in [0.1, 0.15) is 0 Å². The standard InChI is InChI=1S/C22H12ClN3O5/c1-11-18-16(10-17(24-19(18)30-25-11)12-5-4-6-13(23)9-12)22(29)31-26-20(27)14-7-2-3-8-15(14)21(26)28/h2-10H,1H3. The van der Waals surface area contributed by atoms with E-state index in [2.05, 4.69) is 10.1 Å². The van der Waals surface area contributed by atoms with Crippen LogP contribution < -0.4 is 0 Å². The minimum Gasteiger partial charge on any atom is -0.335 e. The Labute approximate surface area is 179 Å². The molecule has 0 bridgehead atoms. The fraction of sp³-hybridized carbons (Fsp3) is 0.0455. The monoisotopic (exact) mass is 433 g/mol. The van der Waals surface area contributed by atoms with Gasteiger partial charge in [0.25, 0.3) is 17.5 Å². The van der Waals surface area contributed by atoms with Crippen LogP contribution in [-0.2, 0) is 4.84 Å². The maximum Gasteiger partial charge on any atom is 0.364 e. The number of halogens is 1. The minimum absolute atomic E-state index is 0.0512. The van der Waals surface area contributed by atoms with Gasteiger partial charge in [-0.2, -0.15) is 0 Å². The molecule has 0 spiro atoms. The molecule has 5 rings (SSSR count). The van der Waals surface area contributed by atoms with E-state index in [0.717, 1.165) is 0 Å². The lowest BCUT2D eigenvalue weighted by atomic mass is 10.1. The largest absolute Gasteiger partial charge is 0.364 e. The van der Waals surface area contributed by atoms with E-state index in [4.69, 9.17) is 21.0 Å². The Hall–Kier alpha value is -4.04. The first-order chi connectivity index (χ1) is 14.9. The van der Waals surface area contributed by atoms with Gasteiger partial charge in [0.15, 0.2) is 0 Å². The SMILES string of the molecule is Cc1noc2nc(-c3cccc(Cl)c3)cc(C(=O)ON3C(=O)c4ccccc4C3=O)c12. The van der Waals surface area contributed by atoms with Crippen LogP contribution in [0.3, 0.4) is 0 Å². The average Bonchev–Trinajstić information content (AvgIpc) is 3.26. The molecule has 0 saturated heterocycles. The van der Waals surface area contributed by atoms with Gasteiger partial charge in [-0.25, -0.2) is 9.78 Å². The number of hydrogen-bond donors (Lipinski definition) is 0. The molecule has 0 fully saturated rings. The predicted molar refractivity (Wildman–Crippen MR) is 109 cm³/mol. The summed E-state index contributed by atoms with van der Waals surface area (Å²) in [6.07, 6.45) is 0. The van der Waals surface area contributed by atoms with E-state index in [-0.39, 0.29) is 22.4 Å². The van der Waals surface area contributed by atoms with E-state index in [0.29, 0.717) is 32.4 Å². The number of nitrogens with zero attached hydrogens (tertiary/aromatic N) is 3. The van der Waals surface area contributed by atoms with Crippen molar-refractivity contribution >= 4 is 40.5 Å². The van der Waals surface area contributed by atoms with Gasteiger partial charge >= 0.3 is 5.97 Å². The molecule has 152 valence electrons. The Kier molecular flexibility index (Phi) is 4.30. The summed E-state index contributed by atoms with van der Waals surface area (Å²) in [4.78, 5) is 47.8. The summed E-state index contributed by atoms with van der Waals surface area (Å²) in [7, 11) is 0. The van der Waals surface area contributed by atoms with Crippen LogP contribution in [0.1, 0.15) is 36.8 Å². The average molecular weight is 434 g/mol. The van der Waals surface area contributed by atoms with Gasteiger partial charge in [-0.1, -0.05) is 46.1 Å². The number of rotatable bonds is 3. The number of hydrogen-bond acceptors (Lipinski definition) is 7. The smallest absolute Gasteiger partial charge is 0.335 e. The predicted octanol–water partition coefficient (Wildman–Crippen LogP) is 4.22. The highest BCUT2D eigenvalue weighted by atomic mass is 35.5. The van der Waals surface area contributed by atoms with E-state index in [9.17, 15) is 14.4 Å². The summed E-state index contributed by atoms with van der Waals surface area (Å²) in [5.41, 5.74) is 1.94. The quantitative estimate of drug-likeness (QED) is 0.445. The lowest BCUT2D eigenvalue weighted by molar-refractivity contribution is -0.0583. The second kappa shape index (κ2) is 7.03. The summed E-state index contributed by atoms with van der Waals surface area (Å²) in [5.74, 6) is -2.34. The third-order valence-electron chi connectivity index (χ3n) is 4.89. The molecule has 1 aliphatic rings. The summed E-state index contributed by atoms with van der Waals surface area (Å²) in [6.45, 7) is 1.64. The first-order valence-corrected chi connectivity index (χ1v) is 9.55. The molecule has 3 heterocycles. The number of aryl methyl sites for hydroxylation is 1. The number of carbonyl (C=O) groups excluding carboxylic acids is 3. The second-order valence-corrected chi connectivity index (χ2v) is 7.28. The molecule has 2 aromatic heterocycles. The van der Waals surface area contributed by atoms with Gasteiger partial charge in [0, 0.05) is 10.6 Å². The molecule has 0 aliphatic carbocycles. The van der Waals surface area contributed by atoms with Crippen molar-refractivity contribution in [3.05, 3.63) is 82.0 Å². The van der Waals surface area contributed by atoms with Crippen LogP contribution >= 0.6 is 11.6 Å². The fourth-order valence-corrected chi connectivity index (χ4v) is 3.62. The molecular formula is C22H12ClN3O5. The summed E-state index contributed by atoms with van der Waals surface area (Å²) >= 11 is 6.07. The van der Waals surface area contributed by atoms with E-state index in [1.165, 1.54) is 18.2 Å². The normalized spacial score (nSPS) is 13.0. The Balaban J connectivity index is 1.57. The maximum absolute atomic E-state index is 13.1. The van der Waals surface area contributed by atoms with Crippen LogP contribution in [0.15, 0.2) is 59.1 Å². The summed E-state index contributed by atoms with van der Waals surface area (Å²) in [6, 6.07) is 14.6. The molecular weight excluding hydrogens is 422 g/mol. The molecule has 0 N–H and O–H groups in total. The van der Waals surface area contributed by atoms with Gasteiger partial charge in [-0.15, -0.1) is 0 Å². The van der Waals surface area contributed by atoms with Crippen LogP contribution in [0, 0.1) is 6.92 Å². The molecule has 0 atom stereocenters. The highest BCUT2D eigenvalue weighted by Crippen LogP contribution is 2.30. The van der Waals surface area contributed by atoms with Crippen molar-refractivity contribution in [2.24, 2.45) is 0 Å². The highest BCUT2D eigenvalue weighted by Gasteiger charge is 2.39. The first kappa shape index (κ1) is 19.0. The number of hydroxylamine groups is 2. The molecule has 4 aromatic rings. The second-order valence-electron chi connectivity index (χ2n) is 6.84. The van der Waals surface area contributed by atoms with Crippen molar-refractivity contribution < 1.29 is 23.7 Å². The van der Waals surface area contributed by atoms with Crippen LogP contribution in [-0.4, -0.2) is 33.0 Å². The zero-order valence-electron chi connectivity index (χ0n) is 16.0. The van der Waals surface area contributed by atoms with Crippen LogP contribution in [0.4, 0.5) is 0 Å². The number of carbonyl (C=O) groups is 3. The lowest BCUT2D eigenvalue weighted by Gasteiger charge is -2.13. The third-order valence-corrected chi connectivity index (χ3v) is 5.12. The molecule has 0 radical (unpaired) electrons. The summed E-state index contributed by atoms with van der Waals surface area (Å²) < 4.78 is 5.25. The van der Waals surface area contributed by atoms with E-state index in [1.54, 1.807) is 43.3 Å². The van der Waals surface area contributed by atoms with Crippen LogP contribution in [0.5, 0.6) is 0 Å². The Morgan fingerprint density at radius 2 is 1.74 bits per heavy atom. The van der Waals surface area contributed by atoms with Gasteiger partial charge in [0.2, 0.25) is 0 Å². The topological polar surface area (TPSA) is 103 Å². The molecule has 0 saturated carbocycles.